The lowest BCUT2D eigenvalue weighted by Crippen LogP contribution is -2.42. The molecule has 0 radical (unpaired) electrons. The zero-order chi connectivity index (χ0) is 12.0. The topological polar surface area (TPSA) is 15.3 Å². The van der Waals surface area contributed by atoms with Gasteiger partial charge in [0.15, 0.2) is 0 Å². The minimum atomic E-state index is 0.758. The van der Waals surface area contributed by atoms with E-state index in [4.69, 9.17) is 0 Å². The zero-order valence-electron chi connectivity index (χ0n) is 11.3. The van der Waals surface area contributed by atoms with Gasteiger partial charge < -0.3 is 10.2 Å². The van der Waals surface area contributed by atoms with Crippen LogP contribution in [0, 0.1) is 5.92 Å². The molecule has 3 unspecified atom stereocenters. The van der Waals surface area contributed by atoms with Gasteiger partial charge in [-0.3, -0.25) is 0 Å². The van der Waals surface area contributed by atoms with E-state index in [0.29, 0.717) is 0 Å². The molecule has 0 aliphatic heterocycles. The van der Waals surface area contributed by atoms with Crippen LogP contribution in [0.1, 0.15) is 33.1 Å². The highest BCUT2D eigenvalue weighted by Crippen LogP contribution is 2.32. The van der Waals surface area contributed by atoms with Gasteiger partial charge in [0, 0.05) is 23.6 Å². The van der Waals surface area contributed by atoms with Crippen LogP contribution in [0.15, 0.2) is 0 Å². The van der Waals surface area contributed by atoms with E-state index in [1.165, 1.54) is 31.6 Å². The van der Waals surface area contributed by atoms with Crippen LogP contribution in [0.4, 0.5) is 0 Å². The third-order valence-corrected chi connectivity index (χ3v) is 4.76. The maximum absolute atomic E-state index is 3.66. The Morgan fingerprint density at radius 1 is 1.31 bits per heavy atom. The molecule has 1 rings (SSSR count). The van der Waals surface area contributed by atoms with E-state index >= 15 is 0 Å². The van der Waals surface area contributed by atoms with Crippen molar-refractivity contribution in [2.45, 2.75) is 44.4 Å². The molecule has 0 bridgehead atoms. The Morgan fingerprint density at radius 2 is 2.06 bits per heavy atom. The molecular formula is C13H28N2S. The number of nitrogens with one attached hydrogen (secondary N) is 1. The zero-order valence-corrected chi connectivity index (χ0v) is 12.1. The van der Waals surface area contributed by atoms with Crippen LogP contribution in [0.2, 0.25) is 0 Å². The summed E-state index contributed by atoms with van der Waals surface area (Å²) in [5, 5.41) is 4.50. The van der Waals surface area contributed by atoms with Gasteiger partial charge >= 0.3 is 0 Å². The van der Waals surface area contributed by atoms with Gasteiger partial charge in [0.1, 0.15) is 0 Å². The van der Waals surface area contributed by atoms with Crippen LogP contribution < -0.4 is 5.32 Å². The van der Waals surface area contributed by atoms with Gasteiger partial charge in [-0.2, -0.15) is 11.8 Å². The lowest BCUT2D eigenvalue weighted by Gasteiger charge is -2.35. The predicted molar refractivity (Wildman–Crippen MR) is 75.3 cm³/mol. The molecule has 0 heterocycles. The summed E-state index contributed by atoms with van der Waals surface area (Å²) >= 11 is 2.17. The van der Waals surface area contributed by atoms with Gasteiger partial charge in [-0.25, -0.2) is 0 Å². The SMILES string of the molecule is CCNC1CCC(C)CC1SCCN(C)C. The van der Waals surface area contributed by atoms with Gasteiger partial charge in [0.2, 0.25) is 0 Å². The normalized spacial score (nSPS) is 30.9. The largest absolute Gasteiger partial charge is 0.313 e. The number of hydrogen-bond donors (Lipinski definition) is 1. The van der Waals surface area contributed by atoms with Crippen LogP contribution in [-0.4, -0.2) is 49.1 Å². The summed E-state index contributed by atoms with van der Waals surface area (Å²) < 4.78 is 0. The summed E-state index contributed by atoms with van der Waals surface area (Å²) in [5.74, 6) is 2.19. The summed E-state index contributed by atoms with van der Waals surface area (Å²) in [6.45, 7) is 6.94. The molecule has 1 N–H and O–H groups in total. The molecule has 0 aromatic heterocycles. The molecule has 16 heavy (non-hydrogen) atoms. The maximum Gasteiger partial charge on any atom is 0.0204 e. The van der Waals surface area contributed by atoms with E-state index in [2.05, 4.69) is 49.9 Å². The molecule has 3 atom stereocenters. The molecule has 1 aliphatic carbocycles. The fourth-order valence-electron chi connectivity index (χ4n) is 2.40. The molecule has 3 heteroatoms. The van der Waals surface area contributed by atoms with Crippen molar-refractivity contribution in [3.05, 3.63) is 0 Å². The number of thioether (sulfide) groups is 1. The predicted octanol–water partition coefficient (Wildman–Crippen LogP) is 2.45. The van der Waals surface area contributed by atoms with Crippen molar-refractivity contribution in [2.75, 3.05) is 32.9 Å². The van der Waals surface area contributed by atoms with Gasteiger partial charge in [-0.05, 0) is 45.8 Å². The molecule has 1 fully saturated rings. The third-order valence-electron chi connectivity index (χ3n) is 3.39. The minimum absolute atomic E-state index is 0.758. The molecule has 0 aromatic rings. The van der Waals surface area contributed by atoms with Gasteiger partial charge in [0.05, 0.1) is 0 Å². The smallest absolute Gasteiger partial charge is 0.0204 e. The van der Waals surface area contributed by atoms with E-state index < -0.39 is 0 Å². The Bertz CT molecular complexity index is 185. The summed E-state index contributed by atoms with van der Waals surface area (Å²) in [7, 11) is 4.32. The highest BCUT2D eigenvalue weighted by molar-refractivity contribution is 8.00. The number of nitrogens with zero attached hydrogens (tertiary/aromatic N) is 1. The van der Waals surface area contributed by atoms with Crippen LogP contribution in [0.25, 0.3) is 0 Å². The van der Waals surface area contributed by atoms with Crippen LogP contribution >= 0.6 is 11.8 Å². The van der Waals surface area contributed by atoms with Crippen LogP contribution in [0.5, 0.6) is 0 Å². The second-order valence-corrected chi connectivity index (χ2v) is 6.64. The van der Waals surface area contributed by atoms with Gasteiger partial charge in [-0.15, -0.1) is 0 Å². The molecule has 0 spiro atoms. The summed E-state index contributed by atoms with van der Waals surface area (Å²) in [4.78, 5) is 2.28. The first-order chi connectivity index (χ1) is 7.63. The molecule has 1 aliphatic rings. The van der Waals surface area contributed by atoms with Crippen molar-refractivity contribution in [1.82, 2.24) is 10.2 Å². The van der Waals surface area contributed by atoms with Crippen molar-refractivity contribution in [3.63, 3.8) is 0 Å². The first kappa shape index (κ1) is 14.3. The second kappa shape index (κ2) is 7.57. The van der Waals surface area contributed by atoms with E-state index in [9.17, 15) is 0 Å². The van der Waals surface area contributed by atoms with E-state index in [1.54, 1.807) is 0 Å². The van der Waals surface area contributed by atoms with Crippen molar-refractivity contribution in [3.8, 4) is 0 Å². The summed E-state index contributed by atoms with van der Waals surface area (Å²) in [5.41, 5.74) is 0. The van der Waals surface area contributed by atoms with Crippen LogP contribution in [0.3, 0.4) is 0 Å². The standard InChI is InChI=1S/C13H28N2S/c1-5-14-12-7-6-11(2)10-13(12)16-9-8-15(3)4/h11-14H,5-10H2,1-4H3. The fourth-order valence-corrected chi connectivity index (χ4v) is 4.10. The first-order valence-electron chi connectivity index (χ1n) is 6.63. The average Bonchev–Trinajstić information content (AvgIpc) is 2.21. The van der Waals surface area contributed by atoms with Crippen molar-refractivity contribution >= 4 is 11.8 Å². The maximum atomic E-state index is 3.66. The molecule has 0 aromatic carbocycles. The van der Waals surface area contributed by atoms with Crippen molar-refractivity contribution < 1.29 is 0 Å². The van der Waals surface area contributed by atoms with E-state index in [-0.39, 0.29) is 0 Å². The van der Waals surface area contributed by atoms with Gasteiger partial charge in [-0.1, -0.05) is 13.8 Å². The molecule has 96 valence electrons. The van der Waals surface area contributed by atoms with Crippen molar-refractivity contribution in [1.29, 1.82) is 0 Å². The Kier molecular flexibility index (Phi) is 6.78. The quantitative estimate of drug-likeness (QED) is 0.772. The highest BCUT2D eigenvalue weighted by Gasteiger charge is 2.27. The van der Waals surface area contributed by atoms with Crippen molar-refractivity contribution in [2.24, 2.45) is 5.92 Å². The monoisotopic (exact) mass is 244 g/mol. The third kappa shape index (κ3) is 5.07. The summed E-state index contributed by atoms with van der Waals surface area (Å²) in [6.07, 6.45) is 4.17. The molecule has 2 nitrogen and oxygen atoms in total. The second-order valence-electron chi connectivity index (χ2n) is 5.29. The van der Waals surface area contributed by atoms with Gasteiger partial charge in [0.25, 0.3) is 0 Å². The summed E-state index contributed by atoms with van der Waals surface area (Å²) in [6, 6.07) is 0.758. The van der Waals surface area contributed by atoms with E-state index in [1.807, 2.05) is 0 Å². The Hall–Kier alpha value is 0.270. The lowest BCUT2D eigenvalue weighted by atomic mass is 9.87. The van der Waals surface area contributed by atoms with E-state index in [0.717, 1.165) is 23.8 Å². The number of rotatable bonds is 6. The highest BCUT2D eigenvalue weighted by atomic mass is 32.2. The average molecular weight is 244 g/mol. The lowest BCUT2D eigenvalue weighted by molar-refractivity contribution is 0.320. The molecular weight excluding hydrogens is 216 g/mol. The Labute approximate surface area is 106 Å². The number of hydrogen-bond acceptors (Lipinski definition) is 3. The Morgan fingerprint density at radius 3 is 2.69 bits per heavy atom. The molecule has 1 saturated carbocycles. The molecule has 0 amide bonds. The van der Waals surface area contributed by atoms with Crippen LogP contribution in [-0.2, 0) is 0 Å². The fraction of sp³-hybridized carbons (Fsp3) is 1.00. The first-order valence-corrected chi connectivity index (χ1v) is 7.68. The molecule has 0 saturated heterocycles. The minimum Gasteiger partial charge on any atom is -0.313 e. The Balaban J connectivity index is 2.32.